The number of hydrogen-bond acceptors (Lipinski definition) is 5. The van der Waals surface area contributed by atoms with Crippen LogP contribution in [-0.2, 0) is 22.3 Å². The largest absolute Gasteiger partial charge is 0.416 e. The smallest absolute Gasteiger partial charge is 0.383 e. The third-order valence-electron chi connectivity index (χ3n) is 4.35. The van der Waals surface area contributed by atoms with E-state index in [1.54, 1.807) is 0 Å². The fraction of sp³-hybridized carbons (Fsp3) is 0.350. The van der Waals surface area contributed by atoms with Crippen LogP contribution in [0, 0.1) is 0 Å². The van der Waals surface area contributed by atoms with Crippen LogP contribution in [0.15, 0.2) is 39.9 Å². The molecule has 0 aliphatic rings. The van der Waals surface area contributed by atoms with Crippen molar-refractivity contribution in [2.45, 2.75) is 26.1 Å². The number of carbonyl (C=O) groups is 1. The minimum absolute atomic E-state index is 0.0505. The maximum absolute atomic E-state index is 12.9. The molecule has 0 saturated carbocycles. The van der Waals surface area contributed by atoms with Crippen LogP contribution < -0.4 is 21.9 Å². The molecule has 0 bridgehead atoms. The average Bonchev–Trinajstić information content (AvgIpc) is 2.71. The number of alkyl halides is 3. The van der Waals surface area contributed by atoms with E-state index >= 15 is 0 Å². The van der Waals surface area contributed by atoms with Crippen LogP contribution in [0.4, 0.5) is 24.7 Å². The van der Waals surface area contributed by atoms with Crippen molar-refractivity contribution in [2.75, 3.05) is 30.9 Å². The molecule has 0 atom stereocenters. The zero-order valence-electron chi connectivity index (χ0n) is 17.0. The molecule has 0 spiro atoms. The van der Waals surface area contributed by atoms with Gasteiger partial charge in [0.15, 0.2) is 5.69 Å². The minimum atomic E-state index is -4.52. The Morgan fingerprint density at radius 1 is 1.32 bits per heavy atom. The number of aromatic amines is 1. The highest BCUT2D eigenvalue weighted by atomic mass is 19.4. The fourth-order valence-electron chi connectivity index (χ4n) is 2.87. The molecular weight excluding hydrogens is 417 g/mol. The van der Waals surface area contributed by atoms with Crippen LogP contribution in [0.2, 0.25) is 0 Å². The van der Waals surface area contributed by atoms with E-state index in [1.165, 1.54) is 25.3 Å². The Morgan fingerprint density at radius 3 is 2.65 bits per heavy atom. The number of hydrogen-bond donors (Lipinski definition) is 2. The van der Waals surface area contributed by atoms with E-state index in [4.69, 9.17) is 10.5 Å². The second-order valence-electron chi connectivity index (χ2n) is 6.58. The summed E-state index contributed by atoms with van der Waals surface area (Å²) in [5.41, 5.74) is 3.52. The lowest BCUT2D eigenvalue weighted by Crippen LogP contribution is -2.42. The van der Waals surface area contributed by atoms with E-state index in [0.717, 1.165) is 27.7 Å². The maximum atomic E-state index is 12.9. The first-order valence-corrected chi connectivity index (χ1v) is 9.38. The summed E-state index contributed by atoms with van der Waals surface area (Å²) in [5.74, 6) is -0.902. The highest BCUT2D eigenvalue weighted by Gasteiger charge is 2.30. The van der Waals surface area contributed by atoms with Gasteiger partial charge in [-0.05, 0) is 30.2 Å². The van der Waals surface area contributed by atoms with E-state index in [2.05, 4.69) is 4.98 Å². The summed E-state index contributed by atoms with van der Waals surface area (Å²) >= 11 is 0. The zero-order valence-corrected chi connectivity index (χ0v) is 17.0. The number of halogens is 3. The number of benzene rings is 1. The topological polar surface area (TPSA) is 110 Å². The van der Waals surface area contributed by atoms with Gasteiger partial charge in [-0.15, -0.1) is 0 Å². The predicted octanol–water partition coefficient (Wildman–Crippen LogP) is 2.24. The van der Waals surface area contributed by atoms with Gasteiger partial charge < -0.3 is 10.5 Å². The van der Waals surface area contributed by atoms with Gasteiger partial charge in [0.25, 0.3) is 11.5 Å². The van der Waals surface area contributed by atoms with Crippen molar-refractivity contribution in [1.29, 1.82) is 0 Å². The molecule has 3 N–H and O–H groups in total. The molecule has 0 unspecified atom stereocenters. The van der Waals surface area contributed by atoms with Crippen molar-refractivity contribution in [3.8, 4) is 0 Å². The van der Waals surface area contributed by atoms with Crippen LogP contribution in [0.25, 0.3) is 6.08 Å². The molecule has 31 heavy (non-hydrogen) atoms. The summed E-state index contributed by atoms with van der Waals surface area (Å²) < 4.78 is 44.8. The molecule has 8 nitrogen and oxygen atoms in total. The summed E-state index contributed by atoms with van der Waals surface area (Å²) in [7, 11) is 1.40. The Morgan fingerprint density at radius 2 is 2.03 bits per heavy atom. The lowest BCUT2D eigenvalue weighted by Gasteiger charge is -2.23. The number of nitrogens with zero attached hydrogens (tertiary/aromatic N) is 2. The number of nitrogen functional groups attached to an aromatic ring is 1. The molecule has 1 aromatic heterocycles. The molecular formula is C20H23F3N4O4. The zero-order chi connectivity index (χ0) is 23.2. The van der Waals surface area contributed by atoms with Crippen molar-refractivity contribution in [2.24, 2.45) is 0 Å². The van der Waals surface area contributed by atoms with Crippen LogP contribution >= 0.6 is 0 Å². The third-order valence-corrected chi connectivity index (χ3v) is 4.35. The number of anilines is 2. The van der Waals surface area contributed by atoms with Crippen molar-refractivity contribution in [1.82, 2.24) is 9.55 Å². The number of amides is 1. The number of nitrogens with two attached hydrogens (primary N) is 1. The molecule has 0 saturated heterocycles. The van der Waals surface area contributed by atoms with Gasteiger partial charge in [0.05, 0.1) is 12.2 Å². The summed E-state index contributed by atoms with van der Waals surface area (Å²) in [6, 6.07) is 4.44. The van der Waals surface area contributed by atoms with E-state index in [0.29, 0.717) is 6.42 Å². The Balaban J connectivity index is 2.45. The molecule has 168 valence electrons. The molecule has 0 aliphatic heterocycles. The molecule has 0 fully saturated rings. The third kappa shape index (κ3) is 5.85. The summed E-state index contributed by atoms with van der Waals surface area (Å²) in [4.78, 5) is 40.4. The summed E-state index contributed by atoms with van der Waals surface area (Å²) in [6.07, 6.45) is -1.74. The van der Waals surface area contributed by atoms with Crippen LogP contribution in [0.5, 0.6) is 0 Å². The first-order chi connectivity index (χ1) is 14.6. The summed E-state index contributed by atoms with van der Waals surface area (Å²) in [5, 5.41) is 0. The van der Waals surface area contributed by atoms with Crippen LogP contribution in [-0.4, -0.2) is 35.7 Å². The first kappa shape index (κ1) is 23.9. The maximum Gasteiger partial charge on any atom is 0.416 e. The fourth-order valence-corrected chi connectivity index (χ4v) is 2.87. The Bertz CT molecular complexity index is 1070. The van der Waals surface area contributed by atoms with Gasteiger partial charge in [-0.2, -0.15) is 13.2 Å². The van der Waals surface area contributed by atoms with Gasteiger partial charge in [0.2, 0.25) is 0 Å². The molecule has 11 heteroatoms. The normalized spacial score (nSPS) is 11.8. The number of nitrogens with one attached hydrogen (secondary N) is 1. The second kappa shape index (κ2) is 10.1. The second-order valence-corrected chi connectivity index (χ2v) is 6.58. The van der Waals surface area contributed by atoms with Gasteiger partial charge in [-0.1, -0.05) is 19.1 Å². The SMILES string of the molecule is CCCn1c(N)c(N(CCOC)C(=O)/C=C/c2cccc(C(F)(F)F)c2)c(=O)[nH]c1=O. The Labute approximate surface area is 175 Å². The summed E-state index contributed by atoms with van der Waals surface area (Å²) in [6.45, 7) is 2.01. The molecule has 1 aromatic carbocycles. The Hall–Kier alpha value is -3.34. The number of carbonyl (C=O) groups excluding carboxylic acids is 1. The molecule has 0 aliphatic carbocycles. The van der Waals surface area contributed by atoms with E-state index in [1.807, 2.05) is 6.92 Å². The molecule has 1 heterocycles. The molecule has 2 aromatic rings. The molecule has 0 radical (unpaired) electrons. The number of ether oxygens (including phenoxy) is 1. The standard InChI is InChI=1S/C20H23F3N4O4/c1-3-9-27-17(24)16(18(29)25-19(27)30)26(10-11-31-2)15(28)8-7-13-5-4-6-14(12-13)20(21,22)23/h4-8,12H,3,9-11,24H2,1-2H3,(H,25,29,30)/b8-7+. The van der Waals surface area contributed by atoms with Gasteiger partial charge in [-0.3, -0.25) is 24.0 Å². The van der Waals surface area contributed by atoms with Crippen molar-refractivity contribution >= 4 is 23.5 Å². The molecule has 2 rings (SSSR count). The van der Waals surface area contributed by atoms with E-state index in [-0.39, 0.29) is 36.8 Å². The van der Waals surface area contributed by atoms with Gasteiger partial charge in [0.1, 0.15) is 5.82 Å². The van der Waals surface area contributed by atoms with Gasteiger partial charge in [-0.25, -0.2) is 4.79 Å². The predicted molar refractivity (Wildman–Crippen MR) is 111 cm³/mol. The highest BCUT2D eigenvalue weighted by Crippen LogP contribution is 2.29. The highest BCUT2D eigenvalue weighted by molar-refractivity contribution is 6.05. The number of methoxy groups -OCH3 is 1. The average molecular weight is 440 g/mol. The van der Waals surface area contributed by atoms with E-state index < -0.39 is 28.9 Å². The first-order valence-electron chi connectivity index (χ1n) is 9.38. The van der Waals surface area contributed by atoms with E-state index in [9.17, 15) is 27.6 Å². The monoisotopic (exact) mass is 440 g/mol. The minimum Gasteiger partial charge on any atom is -0.383 e. The lowest BCUT2D eigenvalue weighted by atomic mass is 10.1. The number of aromatic nitrogens is 2. The Kier molecular flexibility index (Phi) is 7.81. The van der Waals surface area contributed by atoms with Crippen LogP contribution in [0.1, 0.15) is 24.5 Å². The number of rotatable bonds is 8. The molecule has 1 amide bonds. The van der Waals surface area contributed by atoms with Crippen molar-refractivity contribution < 1.29 is 22.7 Å². The van der Waals surface area contributed by atoms with Gasteiger partial charge >= 0.3 is 11.9 Å². The van der Waals surface area contributed by atoms with Gasteiger partial charge in [0, 0.05) is 26.3 Å². The van der Waals surface area contributed by atoms with Crippen molar-refractivity contribution in [3.63, 3.8) is 0 Å². The van der Waals surface area contributed by atoms with Crippen LogP contribution in [0.3, 0.4) is 0 Å². The lowest BCUT2D eigenvalue weighted by molar-refractivity contribution is -0.137. The van der Waals surface area contributed by atoms with Crippen molar-refractivity contribution in [3.05, 3.63) is 62.3 Å². The quantitative estimate of drug-likeness (QED) is 0.612. The number of H-pyrrole nitrogens is 1.